The van der Waals surface area contributed by atoms with E-state index in [0.717, 1.165) is 51.4 Å². The highest BCUT2D eigenvalue weighted by Crippen LogP contribution is 2.37. The number of ether oxygens (including phenoxy) is 2. The van der Waals surface area contributed by atoms with Gasteiger partial charge in [-0.1, -0.05) is 39.5 Å². The molecule has 6 atom stereocenters. The summed E-state index contributed by atoms with van der Waals surface area (Å²) in [4.78, 5) is 29.7. The van der Waals surface area contributed by atoms with Crippen LogP contribution in [0.25, 0.3) is 0 Å². The number of rotatable bonds is 11. The van der Waals surface area contributed by atoms with E-state index in [0.29, 0.717) is 36.8 Å². The summed E-state index contributed by atoms with van der Waals surface area (Å²) in [6, 6.07) is 0.791. The molecule has 6 nitrogen and oxygen atoms in total. The molecule has 2 saturated heterocycles. The Kier molecular flexibility index (Phi) is 11.3. The maximum atomic E-state index is 12.4. The van der Waals surface area contributed by atoms with Crippen LogP contribution >= 0.6 is 0 Å². The molecule has 0 aromatic heterocycles. The van der Waals surface area contributed by atoms with Crippen molar-refractivity contribution in [2.45, 2.75) is 155 Å². The van der Waals surface area contributed by atoms with Crippen LogP contribution in [0.1, 0.15) is 120 Å². The SMILES string of the molecule is CC1C(OC(=O)CCCCCCCCC(=O)OC2CC(C)(C)N(C)C(C)C2C)CC(C)(C)N(C)C1C. The van der Waals surface area contributed by atoms with E-state index in [2.05, 4.69) is 79.3 Å². The van der Waals surface area contributed by atoms with Crippen molar-refractivity contribution < 1.29 is 19.1 Å². The second-order valence-electron chi connectivity index (χ2n) is 13.1. The number of nitrogens with zero attached hydrogens (tertiary/aromatic N) is 2. The fourth-order valence-electron chi connectivity index (χ4n) is 6.07. The summed E-state index contributed by atoms with van der Waals surface area (Å²) in [6.45, 7) is 17.8. The fraction of sp³-hybridized carbons (Fsp3) is 0.933. The van der Waals surface area contributed by atoms with Crippen molar-refractivity contribution in [3.05, 3.63) is 0 Å². The van der Waals surface area contributed by atoms with Crippen molar-refractivity contribution in [3.63, 3.8) is 0 Å². The predicted octanol–water partition coefficient (Wildman–Crippen LogP) is 6.21. The second kappa shape index (κ2) is 13.1. The van der Waals surface area contributed by atoms with Gasteiger partial charge in [-0.15, -0.1) is 0 Å². The number of carbonyl (C=O) groups is 2. The standard InChI is InChI=1S/C30H56N2O4/c1-21-23(3)31(9)29(5,6)19-25(21)35-27(33)17-15-13-11-12-14-16-18-28(34)36-26-20-30(7,8)32(10)24(4)22(26)2/h21-26H,11-20H2,1-10H3. The third kappa shape index (κ3) is 8.18. The monoisotopic (exact) mass is 508 g/mol. The van der Waals surface area contributed by atoms with Crippen LogP contribution in [-0.2, 0) is 19.1 Å². The Balaban J connectivity index is 1.56. The molecule has 0 radical (unpaired) electrons. The van der Waals surface area contributed by atoms with E-state index < -0.39 is 0 Å². The van der Waals surface area contributed by atoms with Crippen molar-refractivity contribution >= 4 is 11.9 Å². The Morgan fingerprint density at radius 3 is 1.28 bits per heavy atom. The van der Waals surface area contributed by atoms with Gasteiger partial charge in [0.25, 0.3) is 0 Å². The first-order valence-corrected chi connectivity index (χ1v) is 14.5. The van der Waals surface area contributed by atoms with E-state index >= 15 is 0 Å². The molecule has 2 heterocycles. The Hall–Kier alpha value is -1.14. The van der Waals surface area contributed by atoms with Gasteiger partial charge in [-0.3, -0.25) is 19.4 Å². The third-order valence-corrected chi connectivity index (χ3v) is 9.81. The van der Waals surface area contributed by atoms with Gasteiger partial charge in [-0.2, -0.15) is 0 Å². The molecule has 2 aliphatic heterocycles. The Morgan fingerprint density at radius 1 is 0.639 bits per heavy atom. The zero-order valence-corrected chi connectivity index (χ0v) is 25.1. The summed E-state index contributed by atoms with van der Waals surface area (Å²) in [5, 5.41) is 0. The van der Waals surface area contributed by atoms with E-state index in [4.69, 9.17) is 9.47 Å². The molecular formula is C30H56N2O4. The van der Waals surface area contributed by atoms with Gasteiger partial charge in [0, 0.05) is 60.7 Å². The highest BCUT2D eigenvalue weighted by atomic mass is 16.5. The normalized spacial score (nSPS) is 32.7. The minimum absolute atomic E-state index is 0.00486. The quantitative estimate of drug-likeness (QED) is 0.244. The molecule has 0 bridgehead atoms. The van der Waals surface area contributed by atoms with Gasteiger partial charge >= 0.3 is 11.9 Å². The number of esters is 2. The van der Waals surface area contributed by atoms with Crippen LogP contribution in [0.5, 0.6) is 0 Å². The lowest BCUT2D eigenvalue weighted by Crippen LogP contribution is -2.58. The molecule has 0 saturated carbocycles. The number of likely N-dealkylation sites (tertiary alicyclic amines) is 2. The molecule has 6 heteroatoms. The number of unbranched alkanes of at least 4 members (excludes halogenated alkanes) is 5. The first-order valence-electron chi connectivity index (χ1n) is 14.5. The molecule has 6 unspecified atom stereocenters. The first kappa shape index (κ1) is 31.1. The summed E-state index contributed by atoms with van der Waals surface area (Å²) in [6.07, 6.45) is 8.79. The van der Waals surface area contributed by atoms with Gasteiger partial charge in [-0.05, 0) is 68.5 Å². The third-order valence-electron chi connectivity index (χ3n) is 9.81. The summed E-state index contributed by atoms with van der Waals surface area (Å²) in [5.41, 5.74) is 0.0906. The van der Waals surface area contributed by atoms with E-state index in [1.54, 1.807) is 0 Å². The molecule has 0 aromatic carbocycles. The van der Waals surface area contributed by atoms with Crippen LogP contribution in [-0.4, -0.2) is 71.2 Å². The molecular weight excluding hydrogens is 452 g/mol. The van der Waals surface area contributed by atoms with Crippen molar-refractivity contribution in [1.29, 1.82) is 0 Å². The highest BCUT2D eigenvalue weighted by molar-refractivity contribution is 5.70. The van der Waals surface area contributed by atoms with Crippen molar-refractivity contribution in [1.82, 2.24) is 9.80 Å². The van der Waals surface area contributed by atoms with Gasteiger partial charge < -0.3 is 9.47 Å². The fourth-order valence-corrected chi connectivity index (χ4v) is 6.07. The lowest BCUT2D eigenvalue weighted by molar-refractivity contribution is -0.162. The lowest BCUT2D eigenvalue weighted by Gasteiger charge is -2.50. The largest absolute Gasteiger partial charge is 0.462 e. The zero-order valence-electron chi connectivity index (χ0n) is 25.1. The number of carbonyl (C=O) groups excluding carboxylic acids is 2. The Bertz CT molecular complexity index is 662. The summed E-state index contributed by atoms with van der Waals surface area (Å²) in [7, 11) is 4.33. The van der Waals surface area contributed by atoms with Gasteiger partial charge in [0.2, 0.25) is 0 Å². The zero-order chi connectivity index (χ0) is 27.3. The van der Waals surface area contributed by atoms with Crippen LogP contribution in [0.15, 0.2) is 0 Å². The number of hydrogen-bond donors (Lipinski definition) is 0. The van der Waals surface area contributed by atoms with Crippen molar-refractivity contribution in [2.24, 2.45) is 11.8 Å². The van der Waals surface area contributed by atoms with E-state index in [-0.39, 0.29) is 35.2 Å². The molecule has 0 N–H and O–H groups in total. The van der Waals surface area contributed by atoms with E-state index in [1.807, 2.05) is 0 Å². The molecule has 0 amide bonds. The van der Waals surface area contributed by atoms with Crippen LogP contribution in [0, 0.1) is 11.8 Å². The van der Waals surface area contributed by atoms with Crippen LogP contribution in [0.3, 0.4) is 0 Å². The average Bonchev–Trinajstić information content (AvgIpc) is 2.79. The number of hydrogen-bond acceptors (Lipinski definition) is 6. The second-order valence-corrected chi connectivity index (χ2v) is 13.1. The maximum Gasteiger partial charge on any atom is 0.306 e. The summed E-state index contributed by atoms with van der Waals surface area (Å²) >= 11 is 0. The minimum Gasteiger partial charge on any atom is -0.462 e. The van der Waals surface area contributed by atoms with E-state index in [9.17, 15) is 9.59 Å². The van der Waals surface area contributed by atoms with Crippen LogP contribution in [0.4, 0.5) is 0 Å². The molecule has 2 aliphatic rings. The maximum absolute atomic E-state index is 12.4. The lowest BCUT2D eigenvalue weighted by atomic mass is 9.79. The molecule has 0 aliphatic carbocycles. The molecule has 210 valence electrons. The average molecular weight is 509 g/mol. The molecule has 2 fully saturated rings. The molecule has 2 rings (SSSR count). The van der Waals surface area contributed by atoms with E-state index in [1.165, 1.54) is 0 Å². The Labute approximate surface area is 221 Å². The topological polar surface area (TPSA) is 59.1 Å². The van der Waals surface area contributed by atoms with Gasteiger partial charge in [-0.25, -0.2) is 0 Å². The highest BCUT2D eigenvalue weighted by Gasteiger charge is 2.44. The minimum atomic E-state index is -0.0530. The molecule has 36 heavy (non-hydrogen) atoms. The van der Waals surface area contributed by atoms with Crippen molar-refractivity contribution in [2.75, 3.05) is 14.1 Å². The van der Waals surface area contributed by atoms with Gasteiger partial charge in [0.1, 0.15) is 12.2 Å². The van der Waals surface area contributed by atoms with Gasteiger partial charge in [0.15, 0.2) is 0 Å². The summed E-state index contributed by atoms with van der Waals surface area (Å²) in [5.74, 6) is 0.581. The van der Waals surface area contributed by atoms with Crippen molar-refractivity contribution in [3.8, 4) is 0 Å². The summed E-state index contributed by atoms with van der Waals surface area (Å²) < 4.78 is 11.8. The number of piperidine rings is 2. The smallest absolute Gasteiger partial charge is 0.306 e. The predicted molar refractivity (Wildman–Crippen MR) is 147 cm³/mol. The Morgan fingerprint density at radius 2 is 0.944 bits per heavy atom. The van der Waals surface area contributed by atoms with Crippen LogP contribution in [0.2, 0.25) is 0 Å². The van der Waals surface area contributed by atoms with Crippen LogP contribution < -0.4 is 0 Å². The van der Waals surface area contributed by atoms with Gasteiger partial charge in [0.05, 0.1) is 0 Å². The molecule has 0 aromatic rings. The first-order chi connectivity index (χ1) is 16.7. The molecule has 0 spiro atoms.